The normalized spacial score (nSPS) is 10.2. The van der Waals surface area contributed by atoms with E-state index in [1.54, 1.807) is 19.4 Å². The average Bonchev–Trinajstić information content (AvgIpc) is 2.48. The minimum atomic E-state index is -0.0982. The van der Waals surface area contributed by atoms with Crippen LogP contribution in [0.5, 0.6) is 5.75 Å². The molecule has 2 aromatic rings. The molecule has 0 spiro atoms. The molecule has 0 aliphatic heterocycles. The molecule has 1 heterocycles. The van der Waals surface area contributed by atoms with Gasteiger partial charge < -0.3 is 10.1 Å². The van der Waals surface area contributed by atoms with Crippen LogP contribution in [0.25, 0.3) is 0 Å². The lowest BCUT2D eigenvalue weighted by Gasteiger charge is -2.12. The van der Waals surface area contributed by atoms with Gasteiger partial charge >= 0.3 is 0 Å². The molecule has 4 nitrogen and oxygen atoms in total. The Bertz CT molecular complexity index is 609. The van der Waals surface area contributed by atoms with Crippen molar-refractivity contribution < 1.29 is 9.53 Å². The number of hydrogen-bond donors (Lipinski definition) is 1. The number of rotatable bonds is 4. The van der Waals surface area contributed by atoms with Gasteiger partial charge in [0.1, 0.15) is 5.75 Å². The van der Waals surface area contributed by atoms with Crippen molar-refractivity contribution in [3.63, 3.8) is 0 Å². The van der Waals surface area contributed by atoms with E-state index >= 15 is 0 Å². The molecule has 2 rings (SSSR count). The summed E-state index contributed by atoms with van der Waals surface area (Å²) in [7, 11) is 1.63. The average molecular weight is 270 g/mol. The molecule has 0 saturated carbocycles. The predicted molar refractivity (Wildman–Crippen MR) is 77.9 cm³/mol. The molecule has 1 N–H and O–H groups in total. The lowest BCUT2D eigenvalue weighted by Crippen LogP contribution is -2.24. The first-order valence-corrected chi connectivity index (χ1v) is 6.45. The van der Waals surface area contributed by atoms with Crippen LogP contribution < -0.4 is 10.1 Å². The van der Waals surface area contributed by atoms with E-state index in [4.69, 9.17) is 4.74 Å². The molecule has 0 atom stereocenters. The number of pyridine rings is 1. The van der Waals surface area contributed by atoms with Crippen LogP contribution in [0, 0.1) is 13.8 Å². The fourth-order valence-corrected chi connectivity index (χ4v) is 2.03. The van der Waals surface area contributed by atoms with Crippen LogP contribution in [0.3, 0.4) is 0 Å². The highest BCUT2D eigenvalue weighted by Gasteiger charge is 2.13. The number of aromatic nitrogens is 1. The Labute approximate surface area is 118 Å². The van der Waals surface area contributed by atoms with E-state index < -0.39 is 0 Å². The zero-order valence-electron chi connectivity index (χ0n) is 11.9. The molecule has 0 aliphatic carbocycles. The number of nitrogens with zero attached hydrogens (tertiary/aromatic N) is 1. The Morgan fingerprint density at radius 3 is 2.65 bits per heavy atom. The Morgan fingerprint density at radius 2 is 2.00 bits per heavy atom. The molecule has 4 heteroatoms. The Hall–Kier alpha value is -2.36. The molecular weight excluding hydrogens is 252 g/mol. The topological polar surface area (TPSA) is 51.2 Å². The molecule has 0 radical (unpaired) electrons. The van der Waals surface area contributed by atoms with Crippen LogP contribution in [0.2, 0.25) is 0 Å². The molecule has 0 unspecified atom stereocenters. The van der Waals surface area contributed by atoms with Crippen molar-refractivity contribution in [2.24, 2.45) is 0 Å². The van der Waals surface area contributed by atoms with Crippen LogP contribution in [-0.4, -0.2) is 18.0 Å². The molecular formula is C16H18N2O2. The summed E-state index contributed by atoms with van der Waals surface area (Å²) in [6, 6.07) is 9.24. The van der Waals surface area contributed by atoms with Crippen LogP contribution in [-0.2, 0) is 6.54 Å². The standard InChI is InChI=1S/C16H18N2O2/c1-11-12(2)15(20-3)8-7-14(11)16(19)18-10-13-6-4-5-9-17-13/h4-9H,10H2,1-3H3,(H,18,19). The Morgan fingerprint density at radius 1 is 1.20 bits per heavy atom. The number of carbonyl (C=O) groups is 1. The van der Waals surface area contributed by atoms with E-state index in [9.17, 15) is 4.79 Å². The molecule has 1 amide bonds. The number of amides is 1. The van der Waals surface area contributed by atoms with Gasteiger partial charge in [-0.15, -0.1) is 0 Å². The van der Waals surface area contributed by atoms with Crippen molar-refractivity contribution in [2.75, 3.05) is 7.11 Å². The largest absolute Gasteiger partial charge is 0.496 e. The molecule has 0 bridgehead atoms. The van der Waals surface area contributed by atoms with Gasteiger partial charge in [-0.05, 0) is 49.2 Å². The van der Waals surface area contributed by atoms with E-state index in [1.165, 1.54) is 0 Å². The van der Waals surface area contributed by atoms with E-state index in [2.05, 4.69) is 10.3 Å². The quantitative estimate of drug-likeness (QED) is 0.929. The number of hydrogen-bond acceptors (Lipinski definition) is 3. The lowest BCUT2D eigenvalue weighted by atomic mass is 10.0. The van der Waals surface area contributed by atoms with Gasteiger partial charge in [0.05, 0.1) is 19.3 Å². The van der Waals surface area contributed by atoms with E-state index in [0.717, 1.165) is 22.6 Å². The maximum absolute atomic E-state index is 12.2. The molecule has 1 aromatic carbocycles. The van der Waals surface area contributed by atoms with Crippen molar-refractivity contribution in [3.05, 3.63) is 58.9 Å². The highest BCUT2D eigenvalue weighted by molar-refractivity contribution is 5.96. The summed E-state index contributed by atoms with van der Waals surface area (Å²) >= 11 is 0. The third-order valence-electron chi connectivity index (χ3n) is 3.36. The minimum absolute atomic E-state index is 0.0982. The van der Waals surface area contributed by atoms with Gasteiger partial charge in [-0.25, -0.2) is 0 Å². The van der Waals surface area contributed by atoms with Gasteiger partial charge in [-0.1, -0.05) is 6.07 Å². The van der Waals surface area contributed by atoms with Crippen LogP contribution >= 0.6 is 0 Å². The van der Waals surface area contributed by atoms with Crippen LogP contribution in [0.4, 0.5) is 0 Å². The number of ether oxygens (including phenoxy) is 1. The first kappa shape index (κ1) is 14.1. The zero-order chi connectivity index (χ0) is 14.5. The van der Waals surface area contributed by atoms with Crippen molar-refractivity contribution in [2.45, 2.75) is 20.4 Å². The second kappa shape index (κ2) is 6.19. The van der Waals surface area contributed by atoms with Gasteiger partial charge in [0.25, 0.3) is 5.91 Å². The Kier molecular flexibility index (Phi) is 4.35. The summed E-state index contributed by atoms with van der Waals surface area (Å²) in [5.74, 6) is 0.697. The van der Waals surface area contributed by atoms with Crippen molar-refractivity contribution in [3.8, 4) is 5.75 Å². The smallest absolute Gasteiger partial charge is 0.251 e. The molecule has 20 heavy (non-hydrogen) atoms. The first-order chi connectivity index (χ1) is 9.63. The summed E-state index contributed by atoms with van der Waals surface area (Å²) in [5.41, 5.74) is 3.42. The molecule has 0 aliphatic rings. The third-order valence-corrected chi connectivity index (χ3v) is 3.36. The summed E-state index contributed by atoms with van der Waals surface area (Å²) < 4.78 is 5.25. The van der Waals surface area contributed by atoms with Crippen molar-refractivity contribution in [1.82, 2.24) is 10.3 Å². The fourth-order valence-electron chi connectivity index (χ4n) is 2.03. The summed E-state index contributed by atoms with van der Waals surface area (Å²) in [4.78, 5) is 16.4. The van der Waals surface area contributed by atoms with Crippen LogP contribution in [0.1, 0.15) is 27.2 Å². The first-order valence-electron chi connectivity index (χ1n) is 6.45. The third kappa shape index (κ3) is 2.96. The summed E-state index contributed by atoms with van der Waals surface area (Å²) in [6.45, 7) is 4.29. The zero-order valence-corrected chi connectivity index (χ0v) is 11.9. The highest BCUT2D eigenvalue weighted by Crippen LogP contribution is 2.23. The maximum atomic E-state index is 12.2. The van der Waals surface area contributed by atoms with Gasteiger partial charge in [-0.2, -0.15) is 0 Å². The number of methoxy groups -OCH3 is 1. The fraction of sp³-hybridized carbons (Fsp3) is 0.250. The molecule has 0 fully saturated rings. The van der Waals surface area contributed by atoms with E-state index in [1.807, 2.05) is 38.1 Å². The lowest BCUT2D eigenvalue weighted by molar-refractivity contribution is 0.0949. The van der Waals surface area contributed by atoms with E-state index in [0.29, 0.717) is 12.1 Å². The van der Waals surface area contributed by atoms with Crippen molar-refractivity contribution >= 4 is 5.91 Å². The van der Waals surface area contributed by atoms with E-state index in [-0.39, 0.29) is 5.91 Å². The predicted octanol–water partition coefficient (Wildman–Crippen LogP) is 2.64. The Balaban J connectivity index is 2.12. The van der Waals surface area contributed by atoms with Crippen molar-refractivity contribution in [1.29, 1.82) is 0 Å². The highest BCUT2D eigenvalue weighted by atomic mass is 16.5. The number of carbonyl (C=O) groups excluding carboxylic acids is 1. The van der Waals surface area contributed by atoms with Gasteiger partial charge in [-0.3, -0.25) is 9.78 Å². The molecule has 1 aromatic heterocycles. The number of benzene rings is 1. The second-order valence-corrected chi connectivity index (χ2v) is 4.57. The van der Waals surface area contributed by atoms with Gasteiger partial charge in [0.15, 0.2) is 0 Å². The summed E-state index contributed by atoms with van der Waals surface area (Å²) in [5, 5.41) is 2.88. The maximum Gasteiger partial charge on any atom is 0.251 e. The van der Waals surface area contributed by atoms with Crippen LogP contribution in [0.15, 0.2) is 36.5 Å². The van der Waals surface area contributed by atoms with Gasteiger partial charge in [0, 0.05) is 11.8 Å². The monoisotopic (exact) mass is 270 g/mol. The number of nitrogens with one attached hydrogen (secondary N) is 1. The minimum Gasteiger partial charge on any atom is -0.496 e. The molecule has 104 valence electrons. The SMILES string of the molecule is COc1ccc(C(=O)NCc2ccccn2)c(C)c1C. The second-order valence-electron chi connectivity index (χ2n) is 4.57. The van der Waals surface area contributed by atoms with Gasteiger partial charge in [0.2, 0.25) is 0 Å². The summed E-state index contributed by atoms with van der Waals surface area (Å²) in [6.07, 6.45) is 1.71. The molecule has 0 saturated heterocycles.